The van der Waals surface area contributed by atoms with Crippen molar-refractivity contribution in [2.24, 2.45) is 5.92 Å². The molecule has 1 aliphatic carbocycles. The number of carbonyl (C=O) groups is 1. The van der Waals surface area contributed by atoms with Crippen LogP contribution in [-0.4, -0.2) is 35.5 Å². The van der Waals surface area contributed by atoms with Gasteiger partial charge in [-0.2, -0.15) is 0 Å². The Morgan fingerprint density at radius 2 is 2.00 bits per heavy atom. The number of nitrogens with one attached hydrogen (secondary N) is 1. The fourth-order valence-corrected chi connectivity index (χ4v) is 3.98. The van der Waals surface area contributed by atoms with E-state index in [1.54, 1.807) is 0 Å². The van der Waals surface area contributed by atoms with E-state index in [-0.39, 0.29) is 5.54 Å². The molecule has 1 saturated carbocycles. The van der Waals surface area contributed by atoms with Gasteiger partial charge >= 0.3 is 0 Å². The summed E-state index contributed by atoms with van der Waals surface area (Å²) in [4.78, 5) is 14.8. The summed E-state index contributed by atoms with van der Waals surface area (Å²) in [6.07, 6.45) is 8.26. The van der Waals surface area contributed by atoms with Crippen molar-refractivity contribution in [1.82, 2.24) is 10.2 Å². The molecule has 3 nitrogen and oxygen atoms in total. The van der Waals surface area contributed by atoms with E-state index in [2.05, 4.69) is 31.0 Å². The zero-order chi connectivity index (χ0) is 13.9. The lowest BCUT2D eigenvalue weighted by molar-refractivity contribution is -0.137. The molecule has 0 bridgehead atoms. The van der Waals surface area contributed by atoms with Crippen LogP contribution in [0.2, 0.25) is 0 Å². The van der Waals surface area contributed by atoms with Crippen LogP contribution < -0.4 is 5.32 Å². The molecule has 2 rings (SSSR count). The maximum absolute atomic E-state index is 12.6. The Balaban J connectivity index is 2.10. The molecule has 1 heterocycles. The summed E-state index contributed by atoms with van der Waals surface area (Å²) in [6.45, 7) is 8.38. The first-order valence-electron chi connectivity index (χ1n) is 8.11. The van der Waals surface area contributed by atoms with Gasteiger partial charge in [-0.05, 0) is 31.7 Å². The molecule has 1 spiro atoms. The van der Waals surface area contributed by atoms with Crippen molar-refractivity contribution in [1.29, 1.82) is 0 Å². The summed E-state index contributed by atoms with van der Waals surface area (Å²) in [6, 6.07) is 0.513. The molecule has 2 aliphatic rings. The third kappa shape index (κ3) is 3.31. The van der Waals surface area contributed by atoms with E-state index >= 15 is 0 Å². The third-order valence-electron chi connectivity index (χ3n) is 4.76. The van der Waals surface area contributed by atoms with Crippen LogP contribution in [0.3, 0.4) is 0 Å². The molecule has 1 amide bonds. The number of hydrogen-bond acceptors (Lipinski definition) is 2. The van der Waals surface area contributed by atoms with Crippen LogP contribution in [0.5, 0.6) is 0 Å². The smallest absolute Gasteiger partial charge is 0.223 e. The molecule has 1 atom stereocenters. The summed E-state index contributed by atoms with van der Waals surface area (Å²) in [7, 11) is 0. The zero-order valence-corrected chi connectivity index (χ0v) is 12.9. The predicted octanol–water partition coefficient (Wildman–Crippen LogP) is 2.95. The van der Waals surface area contributed by atoms with E-state index < -0.39 is 0 Å². The highest BCUT2D eigenvalue weighted by Crippen LogP contribution is 2.42. The van der Waals surface area contributed by atoms with E-state index in [4.69, 9.17) is 0 Å². The van der Waals surface area contributed by atoms with Gasteiger partial charge in [-0.3, -0.25) is 4.79 Å². The number of nitrogens with zero attached hydrogens (tertiary/aromatic N) is 1. The van der Waals surface area contributed by atoms with E-state index in [9.17, 15) is 4.79 Å². The Kier molecular flexibility index (Phi) is 4.88. The largest absolute Gasteiger partial charge is 0.335 e. The predicted molar refractivity (Wildman–Crippen MR) is 79.1 cm³/mol. The van der Waals surface area contributed by atoms with Crippen molar-refractivity contribution in [2.75, 3.05) is 13.1 Å². The van der Waals surface area contributed by atoms with Crippen LogP contribution in [0, 0.1) is 5.92 Å². The van der Waals surface area contributed by atoms with Gasteiger partial charge in [-0.25, -0.2) is 0 Å². The second-order valence-electron chi connectivity index (χ2n) is 6.85. The van der Waals surface area contributed by atoms with Gasteiger partial charge in [0.2, 0.25) is 5.91 Å². The van der Waals surface area contributed by atoms with Gasteiger partial charge in [0.15, 0.2) is 0 Å². The van der Waals surface area contributed by atoms with Crippen LogP contribution in [0.1, 0.15) is 65.7 Å². The molecule has 1 saturated heterocycles. The molecule has 3 heteroatoms. The molecule has 19 heavy (non-hydrogen) atoms. The normalized spacial score (nSPS) is 26.3. The molecule has 1 N–H and O–H groups in total. The average molecular weight is 266 g/mol. The zero-order valence-electron chi connectivity index (χ0n) is 12.9. The molecule has 1 aliphatic heterocycles. The molecule has 0 aromatic rings. The van der Waals surface area contributed by atoms with Gasteiger partial charge in [-0.15, -0.1) is 0 Å². The molecule has 110 valence electrons. The van der Waals surface area contributed by atoms with Crippen molar-refractivity contribution in [3.8, 4) is 0 Å². The Bertz CT molecular complexity index is 308. The minimum atomic E-state index is 0.192. The first-order chi connectivity index (χ1) is 9.07. The average Bonchev–Trinajstić information content (AvgIpc) is 2.68. The van der Waals surface area contributed by atoms with Crippen LogP contribution in [0.25, 0.3) is 0 Å². The van der Waals surface area contributed by atoms with Gasteiger partial charge in [0, 0.05) is 24.5 Å². The SMILES string of the molecule is CCN[C@@H]1CN(C(=O)CC(C)C)C2(CCCCC2)C1. The van der Waals surface area contributed by atoms with E-state index in [0.29, 0.717) is 24.3 Å². The summed E-state index contributed by atoms with van der Waals surface area (Å²) in [5, 5.41) is 3.56. The van der Waals surface area contributed by atoms with Gasteiger partial charge < -0.3 is 10.2 Å². The molecule has 2 fully saturated rings. The van der Waals surface area contributed by atoms with Gasteiger partial charge in [0.1, 0.15) is 0 Å². The minimum absolute atomic E-state index is 0.192. The third-order valence-corrected chi connectivity index (χ3v) is 4.76. The van der Waals surface area contributed by atoms with Crippen LogP contribution in [-0.2, 0) is 4.79 Å². The number of likely N-dealkylation sites (N-methyl/N-ethyl adjacent to an activating group) is 1. The Morgan fingerprint density at radius 3 is 2.58 bits per heavy atom. The highest BCUT2D eigenvalue weighted by molar-refractivity contribution is 5.77. The maximum Gasteiger partial charge on any atom is 0.223 e. The lowest BCUT2D eigenvalue weighted by Gasteiger charge is -2.41. The molecule has 0 aromatic heterocycles. The lowest BCUT2D eigenvalue weighted by Crippen LogP contribution is -2.48. The molecule has 0 aromatic carbocycles. The van der Waals surface area contributed by atoms with Gasteiger partial charge in [-0.1, -0.05) is 40.0 Å². The first kappa shape index (κ1) is 14.8. The van der Waals surface area contributed by atoms with Crippen molar-refractivity contribution in [2.45, 2.75) is 77.3 Å². The maximum atomic E-state index is 12.6. The standard InChI is InChI=1S/C16H30N2O/c1-4-17-14-11-16(8-6-5-7-9-16)18(12-14)15(19)10-13(2)3/h13-14,17H,4-12H2,1-3H3/t14-/m0/s1. The monoisotopic (exact) mass is 266 g/mol. The molecular formula is C16H30N2O. The molecule has 0 unspecified atom stereocenters. The summed E-state index contributed by atoms with van der Waals surface area (Å²) in [5.74, 6) is 0.851. The first-order valence-corrected chi connectivity index (χ1v) is 8.11. The Morgan fingerprint density at radius 1 is 1.32 bits per heavy atom. The minimum Gasteiger partial charge on any atom is -0.335 e. The summed E-state index contributed by atoms with van der Waals surface area (Å²) < 4.78 is 0. The number of likely N-dealkylation sites (tertiary alicyclic amines) is 1. The number of rotatable bonds is 4. The second kappa shape index (κ2) is 6.25. The van der Waals surface area contributed by atoms with Crippen molar-refractivity contribution in [3.63, 3.8) is 0 Å². The summed E-state index contributed by atoms with van der Waals surface area (Å²) in [5.41, 5.74) is 0.192. The van der Waals surface area contributed by atoms with Crippen LogP contribution in [0.15, 0.2) is 0 Å². The molecule has 0 radical (unpaired) electrons. The lowest BCUT2D eigenvalue weighted by atomic mass is 9.79. The summed E-state index contributed by atoms with van der Waals surface area (Å²) >= 11 is 0. The Labute approximate surface area is 118 Å². The quantitative estimate of drug-likeness (QED) is 0.848. The van der Waals surface area contributed by atoms with E-state index in [1.807, 2.05) is 0 Å². The van der Waals surface area contributed by atoms with Crippen molar-refractivity contribution in [3.05, 3.63) is 0 Å². The number of amides is 1. The van der Waals surface area contributed by atoms with Crippen molar-refractivity contribution >= 4 is 5.91 Å². The van der Waals surface area contributed by atoms with E-state index in [0.717, 1.165) is 13.1 Å². The number of carbonyl (C=O) groups excluding carboxylic acids is 1. The second-order valence-corrected chi connectivity index (χ2v) is 6.85. The highest BCUT2D eigenvalue weighted by atomic mass is 16.2. The molecular weight excluding hydrogens is 236 g/mol. The number of hydrogen-bond donors (Lipinski definition) is 1. The highest BCUT2D eigenvalue weighted by Gasteiger charge is 2.47. The van der Waals surface area contributed by atoms with Gasteiger partial charge in [0.05, 0.1) is 0 Å². The van der Waals surface area contributed by atoms with Crippen molar-refractivity contribution < 1.29 is 4.79 Å². The fraction of sp³-hybridized carbons (Fsp3) is 0.938. The topological polar surface area (TPSA) is 32.3 Å². The van der Waals surface area contributed by atoms with Crippen LogP contribution in [0.4, 0.5) is 0 Å². The Hall–Kier alpha value is -0.570. The van der Waals surface area contributed by atoms with Crippen LogP contribution >= 0.6 is 0 Å². The fourth-order valence-electron chi connectivity index (χ4n) is 3.98. The van der Waals surface area contributed by atoms with E-state index in [1.165, 1.54) is 38.5 Å². The van der Waals surface area contributed by atoms with Gasteiger partial charge in [0.25, 0.3) is 0 Å².